The maximum Gasteiger partial charge on any atom is 0.412 e. The van der Waals surface area contributed by atoms with E-state index >= 15 is 0 Å². The summed E-state index contributed by atoms with van der Waals surface area (Å²) in [5.74, 6) is 0.787. The van der Waals surface area contributed by atoms with Crippen molar-refractivity contribution >= 4 is 11.8 Å². The highest BCUT2D eigenvalue weighted by Gasteiger charge is 2.17. The number of carbonyl (C=O) groups excluding carboxylic acids is 1. The first-order valence-electron chi connectivity index (χ1n) is 7.76. The molecule has 1 N–H and O–H groups in total. The molecule has 1 amide bonds. The van der Waals surface area contributed by atoms with Crippen LogP contribution in [0.3, 0.4) is 0 Å². The minimum Gasteiger partial charge on any atom is -0.444 e. The van der Waals surface area contributed by atoms with E-state index < -0.39 is 11.7 Å². The third-order valence-corrected chi connectivity index (χ3v) is 3.10. The normalized spacial score (nSPS) is 11.6. The Bertz CT molecular complexity index is 691. The van der Waals surface area contributed by atoms with Gasteiger partial charge in [0.1, 0.15) is 11.4 Å². The van der Waals surface area contributed by atoms with Crippen LogP contribution >= 0.6 is 0 Å². The average molecular weight is 332 g/mol. The Balaban J connectivity index is 2.01. The predicted octanol–water partition coefficient (Wildman–Crippen LogP) is 3.36. The van der Waals surface area contributed by atoms with E-state index in [9.17, 15) is 4.79 Å². The minimum absolute atomic E-state index is 0.494. The van der Waals surface area contributed by atoms with Gasteiger partial charge in [-0.25, -0.2) is 4.79 Å². The van der Waals surface area contributed by atoms with Crippen LogP contribution in [0.5, 0.6) is 0 Å². The maximum atomic E-state index is 12.0. The van der Waals surface area contributed by atoms with Crippen LogP contribution in [0.2, 0.25) is 0 Å². The van der Waals surface area contributed by atoms with Crippen molar-refractivity contribution in [1.82, 2.24) is 15.0 Å². The molecule has 130 valence electrons. The standard InChI is InChI=1S/C17H24N4O3/c1-12-8-14(20-24-12)11-21(5)10-13-6-7-18-9-15(13)19-16(22)23-17(2,3)4/h6-9H,10-11H2,1-5H3,(H,19,22). The summed E-state index contributed by atoms with van der Waals surface area (Å²) in [5.41, 5.74) is 1.90. The minimum atomic E-state index is -0.548. The Labute approximate surface area is 142 Å². The van der Waals surface area contributed by atoms with E-state index in [4.69, 9.17) is 9.26 Å². The molecule has 7 nitrogen and oxygen atoms in total. The number of rotatable bonds is 5. The highest BCUT2D eigenvalue weighted by Crippen LogP contribution is 2.18. The molecule has 0 saturated heterocycles. The molecule has 24 heavy (non-hydrogen) atoms. The van der Waals surface area contributed by atoms with Crippen molar-refractivity contribution in [3.8, 4) is 0 Å². The van der Waals surface area contributed by atoms with Gasteiger partial charge >= 0.3 is 6.09 Å². The molecule has 2 aromatic heterocycles. The van der Waals surface area contributed by atoms with Gasteiger partial charge in [0.25, 0.3) is 0 Å². The van der Waals surface area contributed by atoms with Crippen molar-refractivity contribution in [1.29, 1.82) is 0 Å². The van der Waals surface area contributed by atoms with E-state index in [0.29, 0.717) is 18.8 Å². The first kappa shape index (κ1) is 17.9. The topological polar surface area (TPSA) is 80.5 Å². The van der Waals surface area contributed by atoms with Crippen molar-refractivity contribution in [3.63, 3.8) is 0 Å². The highest BCUT2D eigenvalue weighted by molar-refractivity contribution is 5.85. The molecule has 0 unspecified atom stereocenters. The number of ether oxygens (including phenoxy) is 1. The lowest BCUT2D eigenvalue weighted by molar-refractivity contribution is 0.0635. The van der Waals surface area contributed by atoms with Gasteiger partial charge in [0.05, 0.1) is 17.6 Å². The fraction of sp³-hybridized carbons (Fsp3) is 0.471. The number of nitrogens with one attached hydrogen (secondary N) is 1. The summed E-state index contributed by atoms with van der Waals surface area (Å²) in [6, 6.07) is 3.78. The fourth-order valence-electron chi connectivity index (χ4n) is 2.20. The Morgan fingerprint density at radius 1 is 1.38 bits per heavy atom. The number of carbonyl (C=O) groups is 1. The number of aryl methyl sites for hydroxylation is 1. The van der Waals surface area contributed by atoms with Gasteiger partial charge in [-0.3, -0.25) is 15.2 Å². The zero-order valence-electron chi connectivity index (χ0n) is 14.8. The molecule has 0 aliphatic carbocycles. The SMILES string of the molecule is Cc1cc(CN(C)Cc2ccncc2NC(=O)OC(C)(C)C)no1. The summed E-state index contributed by atoms with van der Waals surface area (Å²) < 4.78 is 10.4. The van der Waals surface area contributed by atoms with Crippen LogP contribution in [-0.4, -0.2) is 33.8 Å². The van der Waals surface area contributed by atoms with E-state index in [0.717, 1.165) is 17.0 Å². The summed E-state index contributed by atoms with van der Waals surface area (Å²) in [6.07, 6.45) is 2.82. The molecule has 2 aromatic rings. The summed E-state index contributed by atoms with van der Waals surface area (Å²) in [5, 5.41) is 6.75. The van der Waals surface area contributed by atoms with Crippen LogP contribution in [-0.2, 0) is 17.8 Å². The first-order chi connectivity index (χ1) is 11.2. The van der Waals surface area contributed by atoms with Crippen LogP contribution in [0, 0.1) is 6.92 Å². The molecular formula is C17H24N4O3. The van der Waals surface area contributed by atoms with E-state index in [-0.39, 0.29) is 0 Å². The van der Waals surface area contributed by atoms with E-state index in [1.54, 1.807) is 12.4 Å². The van der Waals surface area contributed by atoms with Crippen LogP contribution in [0.4, 0.5) is 10.5 Å². The van der Waals surface area contributed by atoms with Crippen molar-refractivity contribution < 1.29 is 14.1 Å². The molecule has 0 aliphatic heterocycles. The third-order valence-electron chi connectivity index (χ3n) is 3.10. The summed E-state index contributed by atoms with van der Waals surface area (Å²) in [4.78, 5) is 18.1. The Hall–Kier alpha value is -2.41. The number of nitrogens with zero attached hydrogens (tertiary/aromatic N) is 3. The van der Waals surface area contributed by atoms with Gasteiger partial charge in [0.2, 0.25) is 0 Å². The molecular weight excluding hydrogens is 308 g/mol. The number of anilines is 1. The smallest absolute Gasteiger partial charge is 0.412 e. The van der Waals surface area contributed by atoms with Gasteiger partial charge in [0, 0.05) is 25.4 Å². The molecule has 0 aromatic carbocycles. The van der Waals surface area contributed by atoms with Gasteiger partial charge in [-0.2, -0.15) is 0 Å². The average Bonchev–Trinajstić information content (AvgIpc) is 2.84. The van der Waals surface area contributed by atoms with Gasteiger partial charge in [0.15, 0.2) is 0 Å². The zero-order chi connectivity index (χ0) is 17.7. The predicted molar refractivity (Wildman–Crippen MR) is 90.5 cm³/mol. The van der Waals surface area contributed by atoms with Crippen LogP contribution in [0.1, 0.15) is 37.8 Å². The maximum absolute atomic E-state index is 12.0. The number of hydrogen-bond acceptors (Lipinski definition) is 6. The Kier molecular flexibility index (Phi) is 5.56. The molecule has 0 atom stereocenters. The second-order valence-electron chi connectivity index (χ2n) is 6.76. The largest absolute Gasteiger partial charge is 0.444 e. The Morgan fingerprint density at radius 2 is 2.12 bits per heavy atom. The van der Waals surface area contributed by atoms with Crippen LogP contribution in [0.15, 0.2) is 29.0 Å². The summed E-state index contributed by atoms with van der Waals surface area (Å²) in [6.45, 7) is 8.60. The monoisotopic (exact) mass is 332 g/mol. The number of hydrogen-bond donors (Lipinski definition) is 1. The summed E-state index contributed by atoms with van der Waals surface area (Å²) in [7, 11) is 1.97. The van der Waals surface area contributed by atoms with Crippen molar-refractivity contribution in [2.75, 3.05) is 12.4 Å². The molecule has 0 spiro atoms. The van der Waals surface area contributed by atoms with Crippen molar-refractivity contribution in [2.45, 2.75) is 46.4 Å². The molecule has 0 saturated carbocycles. The van der Waals surface area contributed by atoms with E-state index in [2.05, 4.69) is 20.4 Å². The second-order valence-corrected chi connectivity index (χ2v) is 6.76. The third kappa shape index (κ3) is 5.66. The van der Waals surface area contributed by atoms with Crippen molar-refractivity contribution in [3.05, 3.63) is 41.5 Å². The lowest BCUT2D eigenvalue weighted by atomic mass is 10.2. The lowest BCUT2D eigenvalue weighted by Crippen LogP contribution is -2.28. The molecule has 0 aliphatic rings. The number of amides is 1. The first-order valence-corrected chi connectivity index (χ1v) is 7.76. The quantitative estimate of drug-likeness (QED) is 0.904. The van der Waals surface area contributed by atoms with Crippen molar-refractivity contribution in [2.24, 2.45) is 0 Å². The molecule has 0 radical (unpaired) electrons. The van der Waals surface area contributed by atoms with Crippen LogP contribution < -0.4 is 5.32 Å². The van der Waals surface area contributed by atoms with Gasteiger partial charge in [-0.15, -0.1) is 0 Å². The van der Waals surface area contributed by atoms with Crippen LogP contribution in [0.25, 0.3) is 0 Å². The van der Waals surface area contributed by atoms with Gasteiger partial charge < -0.3 is 9.26 Å². The molecule has 0 fully saturated rings. The molecule has 2 rings (SSSR count). The van der Waals surface area contributed by atoms with E-state index in [1.807, 2.05) is 46.9 Å². The Morgan fingerprint density at radius 3 is 2.75 bits per heavy atom. The summed E-state index contributed by atoms with van der Waals surface area (Å²) >= 11 is 0. The second kappa shape index (κ2) is 7.44. The van der Waals surface area contributed by atoms with Gasteiger partial charge in [-0.05, 0) is 46.4 Å². The highest BCUT2D eigenvalue weighted by atomic mass is 16.6. The molecule has 0 bridgehead atoms. The molecule has 7 heteroatoms. The van der Waals surface area contributed by atoms with Gasteiger partial charge in [-0.1, -0.05) is 5.16 Å². The number of aromatic nitrogens is 2. The number of pyridine rings is 1. The molecule has 2 heterocycles. The fourth-order valence-corrected chi connectivity index (χ4v) is 2.20. The van der Waals surface area contributed by atoms with E-state index in [1.165, 1.54) is 0 Å². The zero-order valence-corrected chi connectivity index (χ0v) is 14.8. The lowest BCUT2D eigenvalue weighted by Gasteiger charge is -2.21.